The van der Waals surface area contributed by atoms with Crippen molar-refractivity contribution in [3.8, 4) is 5.75 Å². The molecule has 1 amide bonds. The minimum Gasteiger partial charge on any atom is -0.494 e. The van der Waals surface area contributed by atoms with E-state index in [4.69, 9.17) is 4.74 Å². The van der Waals surface area contributed by atoms with Crippen molar-refractivity contribution in [2.24, 2.45) is 0 Å². The van der Waals surface area contributed by atoms with Crippen LogP contribution in [0.5, 0.6) is 5.75 Å². The van der Waals surface area contributed by atoms with Crippen LogP contribution in [0.15, 0.2) is 48.5 Å². The molecular formula is C19H21NO2. The van der Waals surface area contributed by atoms with Crippen LogP contribution in [0.25, 0.3) is 0 Å². The van der Waals surface area contributed by atoms with E-state index in [0.717, 1.165) is 18.6 Å². The van der Waals surface area contributed by atoms with Crippen molar-refractivity contribution >= 4 is 5.91 Å². The maximum Gasteiger partial charge on any atom is 0.254 e. The number of hydrogen-bond acceptors (Lipinski definition) is 2. The fourth-order valence-electron chi connectivity index (χ4n) is 3.14. The number of amides is 1. The molecule has 0 saturated heterocycles. The molecule has 2 aromatic carbocycles. The average Bonchev–Trinajstić information content (AvgIpc) is 2.98. The first-order chi connectivity index (χ1) is 10.7. The number of hydrogen-bond donors (Lipinski definition) is 0. The van der Waals surface area contributed by atoms with E-state index in [1.54, 1.807) is 0 Å². The van der Waals surface area contributed by atoms with Gasteiger partial charge < -0.3 is 9.64 Å². The molecule has 3 rings (SSSR count). The molecule has 114 valence electrons. The fourth-order valence-corrected chi connectivity index (χ4v) is 3.14. The van der Waals surface area contributed by atoms with Crippen LogP contribution in [0, 0.1) is 0 Å². The third kappa shape index (κ3) is 2.71. The molecule has 0 aliphatic heterocycles. The molecular weight excluding hydrogens is 274 g/mol. The summed E-state index contributed by atoms with van der Waals surface area (Å²) in [6, 6.07) is 16.0. The highest BCUT2D eigenvalue weighted by Gasteiger charge is 2.28. The van der Waals surface area contributed by atoms with E-state index in [1.807, 2.05) is 49.2 Å². The molecule has 0 heterocycles. The zero-order valence-corrected chi connectivity index (χ0v) is 13.1. The van der Waals surface area contributed by atoms with E-state index in [1.165, 1.54) is 11.1 Å². The Morgan fingerprint density at radius 2 is 1.91 bits per heavy atom. The number of fused-ring (bicyclic) bond motifs is 1. The number of rotatable bonds is 4. The topological polar surface area (TPSA) is 29.5 Å². The second kappa shape index (κ2) is 6.22. The quantitative estimate of drug-likeness (QED) is 0.857. The van der Waals surface area contributed by atoms with Gasteiger partial charge in [-0.05, 0) is 55.2 Å². The minimum absolute atomic E-state index is 0.0600. The van der Waals surface area contributed by atoms with E-state index in [-0.39, 0.29) is 11.9 Å². The Balaban J connectivity index is 1.78. The lowest BCUT2D eigenvalue weighted by Gasteiger charge is -2.25. The number of carbonyl (C=O) groups is 1. The highest BCUT2D eigenvalue weighted by atomic mass is 16.5. The van der Waals surface area contributed by atoms with E-state index in [0.29, 0.717) is 12.2 Å². The van der Waals surface area contributed by atoms with Gasteiger partial charge in [0, 0.05) is 12.6 Å². The zero-order valence-electron chi connectivity index (χ0n) is 13.1. The number of carbonyl (C=O) groups excluding carboxylic acids is 1. The Morgan fingerprint density at radius 1 is 1.18 bits per heavy atom. The van der Waals surface area contributed by atoms with Crippen LogP contribution in [0.4, 0.5) is 0 Å². The highest BCUT2D eigenvalue weighted by molar-refractivity contribution is 5.94. The number of benzene rings is 2. The Morgan fingerprint density at radius 3 is 2.64 bits per heavy atom. The summed E-state index contributed by atoms with van der Waals surface area (Å²) in [6.07, 6.45) is 2.04. The maximum absolute atomic E-state index is 12.7. The SMILES string of the molecule is CCOc1ccc(C(=O)N(C)C2CCc3ccccc32)cc1. The van der Waals surface area contributed by atoms with Crippen molar-refractivity contribution in [1.29, 1.82) is 0 Å². The molecule has 0 aromatic heterocycles. The summed E-state index contributed by atoms with van der Waals surface area (Å²) in [5, 5.41) is 0. The van der Waals surface area contributed by atoms with Crippen molar-refractivity contribution < 1.29 is 9.53 Å². The molecule has 0 saturated carbocycles. The summed E-state index contributed by atoms with van der Waals surface area (Å²) in [7, 11) is 1.89. The molecule has 3 nitrogen and oxygen atoms in total. The second-order valence-electron chi connectivity index (χ2n) is 5.63. The largest absolute Gasteiger partial charge is 0.494 e. The van der Waals surface area contributed by atoms with E-state index in [9.17, 15) is 4.79 Å². The molecule has 1 aliphatic carbocycles. The Labute approximate surface area is 131 Å². The van der Waals surface area contributed by atoms with E-state index < -0.39 is 0 Å². The third-order valence-corrected chi connectivity index (χ3v) is 4.30. The van der Waals surface area contributed by atoms with Crippen LogP contribution in [-0.4, -0.2) is 24.5 Å². The lowest BCUT2D eigenvalue weighted by molar-refractivity contribution is 0.0730. The Hall–Kier alpha value is -2.29. The first-order valence-corrected chi connectivity index (χ1v) is 7.78. The van der Waals surface area contributed by atoms with Gasteiger partial charge in [-0.15, -0.1) is 0 Å². The molecule has 1 unspecified atom stereocenters. The van der Waals surface area contributed by atoms with Gasteiger partial charge in [0.2, 0.25) is 0 Å². The zero-order chi connectivity index (χ0) is 15.5. The van der Waals surface area contributed by atoms with Crippen molar-refractivity contribution in [2.45, 2.75) is 25.8 Å². The van der Waals surface area contributed by atoms with Gasteiger partial charge in [-0.1, -0.05) is 24.3 Å². The summed E-state index contributed by atoms with van der Waals surface area (Å²) >= 11 is 0. The maximum atomic E-state index is 12.7. The highest BCUT2D eigenvalue weighted by Crippen LogP contribution is 2.35. The lowest BCUT2D eigenvalue weighted by Crippen LogP contribution is -2.30. The van der Waals surface area contributed by atoms with Gasteiger partial charge in [0.25, 0.3) is 5.91 Å². The van der Waals surface area contributed by atoms with E-state index >= 15 is 0 Å². The first kappa shape index (κ1) is 14.6. The van der Waals surface area contributed by atoms with Gasteiger partial charge in [0.05, 0.1) is 12.6 Å². The van der Waals surface area contributed by atoms with Gasteiger partial charge in [0.15, 0.2) is 0 Å². The predicted octanol–water partition coefficient (Wildman–Crippen LogP) is 3.84. The summed E-state index contributed by atoms with van der Waals surface area (Å²) in [5.74, 6) is 0.859. The molecule has 0 radical (unpaired) electrons. The predicted molar refractivity (Wildman–Crippen MR) is 87.2 cm³/mol. The lowest BCUT2D eigenvalue weighted by atomic mass is 10.1. The molecule has 3 heteroatoms. The monoisotopic (exact) mass is 295 g/mol. The summed E-state index contributed by atoms with van der Waals surface area (Å²) in [5.41, 5.74) is 3.35. The summed E-state index contributed by atoms with van der Waals surface area (Å²) < 4.78 is 5.42. The van der Waals surface area contributed by atoms with Crippen molar-refractivity contribution in [1.82, 2.24) is 4.90 Å². The first-order valence-electron chi connectivity index (χ1n) is 7.78. The third-order valence-electron chi connectivity index (χ3n) is 4.30. The van der Waals surface area contributed by atoms with Gasteiger partial charge in [-0.2, -0.15) is 0 Å². The summed E-state index contributed by atoms with van der Waals surface area (Å²) in [6.45, 7) is 2.58. The van der Waals surface area contributed by atoms with Crippen molar-refractivity contribution in [2.75, 3.05) is 13.7 Å². The van der Waals surface area contributed by atoms with Crippen molar-refractivity contribution in [3.05, 3.63) is 65.2 Å². The molecule has 1 atom stereocenters. The number of aryl methyl sites for hydroxylation is 1. The van der Waals surface area contributed by atoms with Gasteiger partial charge >= 0.3 is 0 Å². The van der Waals surface area contributed by atoms with E-state index in [2.05, 4.69) is 18.2 Å². The van der Waals surface area contributed by atoms with Crippen LogP contribution in [0.1, 0.15) is 40.9 Å². The molecule has 1 aliphatic rings. The van der Waals surface area contributed by atoms with Crippen LogP contribution >= 0.6 is 0 Å². The standard InChI is InChI=1S/C19H21NO2/c1-3-22-16-11-8-15(9-12-16)19(21)20(2)18-13-10-14-6-4-5-7-17(14)18/h4-9,11-12,18H,3,10,13H2,1-2H3. The Kier molecular flexibility index (Phi) is 4.14. The molecule has 0 fully saturated rings. The van der Waals surface area contributed by atoms with Gasteiger partial charge in [0.1, 0.15) is 5.75 Å². The summed E-state index contributed by atoms with van der Waals surface area (Å²) in [4.78, 5) is 14.6. The molecule has 0 spiro atoms. The van der Waals surface area contributed by atoms with Gasteiger partial charge in [-0.3, -0.25) is 4.79 Å². The van der Waals surface area contributed by atoms with Crippen LogP contribution in [-0.2, 0) is 6.42 Å². The van der Waals surface area contributed by atoms with Crippen LogP contribution in [0.2, 0.25) is 0 Å². The average molecular weight is 295 g/mol. The molecule has 22 heavy (non-hydrogen) atoms. The van der Waals surface area contributed by atoms with Crippen molar-refractivity contribution in [3.63, 3.8) is 0 Å². The second-order valence-corrected chi connectivity index (χ2v) is 5.63. The fraction of sp³-hybridized carbons (Fsp3) is 0.316. The Bertz CT molecular complexity index is 663. The molecule has 2 aromatic rings. The number of nitrogens with zero attached hydrogens (tertiary/aromatic N) is 1. The van der Waals surface area contributed by atoms with Crippen LogP contribution < -0.4 is 4.74 Å². The van der Waals surface area contributed by atoms with Crippen LogP contribution in [0.3, 0.4) is 0 Å². The van der Waals surface area contributed by atoms with Gasteiger partial charge in [-0.25, -0.2) is 0 Å². The smallest absolute Gasteiger partial charge is 0.254 e. The minimum atomic E-state index is 0.0600. The molecule has 0 N–H and O–H groups in total. The number of ether oxygens (including phenoxy) is 1. The molecule has 0 bridgehead atoms. The normalized spacial score (nSPS) is 16.2.